The van der Waals surface area contributed by atoms with Gasteiger partial charge in [0.1, 0.15) is 35.1 Å². The van der Waals surface area contributed by atoms with Gasteiger partial charge in [0, 0.05) is 138 Å². The minimum absolute atomic E-state index is 0.112. The molecule has 0 radical (unpaired) electrons. The number of rotatable bonds is 9. The topological polar surface area (TPSA) is 309 Å². The molecule has 2 amide bonds. The molecule has 89 heavy (non-hydrogen) atoms. The molecule has 22 heteroatoms. The Labute approximate surface area is 510 Å². The van der Waals surface area contributed by atoms with Crippen LogP contribution in [0.15, 0.2) is 188 Å². The summed E-state index contributed by atoms with van der Waals surface area (Å²) < 4.78 is 3.93. The van der Waals surface area contributed by atoms with Crippen molar-refractivity contribution in [2.45, 2.75) is 52.4 Å². The lowest BCUT2D eigenvalue weighted by atomic mass is 10.1. The van der Waals surface area contributed by atoms with Crippen molar-refractivity contribution in [3.63, 3.8) is 0 Å². The van der Waals surface area contributed by atoms with E-state index in [1.165, 1.54) is 25.6 Å². The number of benzene rings is 6. The number of Topliss-reactive ketones (excluding diaryl/α,β-unsaturated/α-hetero) is 2. The molecule has 0 unspecified atom stereocenters. The van der Waals surface area contributed by atoms with Crippen LogP contribution in [0.5, 0.6) is 0 Å². The summed E-state index contributed by atoms with van der Waals surface area (Å²) in [5.41, 5.74) is 28.0. The van der Waals surface area contributed by atoms with Gasteiger partial charge >= 0.3 is 5.69 Å². The molecule has 0 bridgehead atoms. The fraction of sp³-hybridized carbons (Fsp3) is 0.119. The number of nitrogens with one attached hydrogen (secondary N) is 4. The van der Waals surface area contributed by atoms with Crippen LogP contribution < -0.4 is 32.7 Å². The van der Waals surface area contributed by atoms with Gasteiger partial charge in [0.15, 0.2) is 22.9 Å². The third-order valence-electron chi connectivity index (χ3n) is 14.4. The van der Waals surface area contributed by atoms with Crippen LogP contribution in [0.4, 0.5) is 51.6 Å². The molecule has 6 aromatic carbocycles. The van der Waals surface area contributed by atoms with Crippen molar-refractivity contribution in [1.29, 1.82) is 0 Å². The molecule has 9 N–H and O–H groups in total. The third-order valence-corrected chi connectivity index (χ3v) is 14.4. The van der Waals surface area contributed by atoms with Crippen LogP contribution in [0.1, 0.15) is 86.4 Å². The van der Waals surface area contributed by atoms with E-state index < -0.39 is 0 Å². The van der Waals surface area contributed by atoms with Gasteiger partial charge in [-0.1, -0.05) is 35.5 Å². The minimum Gasteiger partial charge on any atom is -0.411 e. The molecule has 0 saturated heterocycles. The maximum Gasteiger partial charge on any atom is 0.340 e. The van der Waals surface area contributed by atoms with E-state index in [1.807, 2.05) is 106 Å². The zero-order valence-electron chi connectivity index (χ0n) is 48.3. The summed E-state index contributed by atoms with van der Waals surface area (Å²) in [4.78, 5) is 84.1. The molecule has 442 valence electrons. The molecule has 0 aliphatic heterocycles. The number of carbonyl (C=O) groups is 5. The van der Waals surface area contributed by atoms with Gasteiger partial charge in [-0.05, 0) is 132 Å². The van der Waals surface area contributed by atoms with Crippen LogP contribution in [0.2, 0.25) is 0 Å². The van der Waals surface area contributed by atoms with Crippen LogP contribution in [-0.4, -0.2) is 79.3 Å². The molecular weight excluding hydrogens is 1120 g/mol. The van der Waals surface area contributed by atoms with Crippen molar-refractivity contribution in [1.82, 2.24) is 38.7 Å². The van der Waals surface area contributed by atoms with Gasteiger partial charge in [-0.15, -0.1) is 0 Å². The highest BCUT2D eigenvalue weighted by molar-refractivity contribution is 6.05. The summed E-state index contributed by atoms with van der Waals surface area (Å²) >= 11 is 0. The lowest BCUT2D eigenvalue weighted by Gasteiger charge is -2.11. The highest BCUT2D eigenvalue weighted by atomic mass is 16.4. The van der Waals surface area contributed by atoms with Crippen LogP contribution in [-0.2, 0) is 28.9 Å². The molecule has 22 nitrogen and oxygen atoms in total. The average molecular weight is 1180 g/mol. The maximum atomic E-state index is 11.9. The summed E-state index contributed by atoms with van der Waals surface area (Å²) in [6, 6.07) is 39.2. The molecule has 5 aromatic heterocycles. The number of nitrogens with two attached hydrogens (primary N) is 2. The molecule has 11 aromatic rings. The van der Waals surface area contributed by atoms with Crippen molar-refractivity contribution >= 4 is 98.3 Å². The lowest BCUT2D eigenvalue weighted by Crippen LogP contribution is -2.05. The first-order valence-electron chi connectivity index (χ1n) is 28.1. The number of aryl methyl sites for hydroxylation is 3. The van der Waals surface area contributed by atoms with Gasteiger partial charge in [-0.3, -0.25) is 47.7 Å². The van der Waals surface area contributed by atoms with Gasteiger partial charge in [-0.25, -0.2) is 15.0 Å². The maximum absolute atomic E-state index is 11.9. The minimum atomic E-state index is -0.117. The second-order valence-electron chi connectivity index (χ2n) is 20.5. The van der Waals surface area contributed by atoms with E-state index in [9.17, 15) is 24.0 Å². The molecule has 0 saturated carbocycles. The van der Waals surface area contributed by atoms with Crippen molar-refractivity contribution in [3.8, 4) is 29.1 Å². The Kier molecular flexibility index (Phi) is 18.6. The Morgan fingerprint density at radius 1 is 0.573 bits per heavy atom. The Morgan fingerprint density at radius 3 is 1.53 bits per heavy atom. The number of imidazole rings is 2. The number of oxime groups is 1. The Balaban J connectivity index is 0.000000135. The van der Waals surface area contributed by atoms with E-state index in [2.05, 4.69) is 57.3 Å². The zero-order valence-corrected chi connectivity index (χ0v) is 48.3. The van der Waals surface area contributed by atoms with E-state index in [4.69, 9.17) is 33.2 Å². The summed E-state index contributed by atoms with van der Waals surface area (Å²) in [6.45, 7) is 8.04. The number of nitrogens with zero attached hydrogens (tertiary/aromatic N) is 10. The van der Waals surface area contributed by atoms with Crippen LogP contribution >= 0.6 is 0 Å². The molecule has 0 fully saturated rings. The highest BCUT2D eigenvalue weighted by Crippen LogP contribution is 2.36. The number of nitrogen functional groups attached to an aromatic ring is 2. The predicted octanol–water partition coefficient (Wildman–Crippen LogP) is 12.0. The molecule has 0 atom stereocenters. The fourth-order valence-corrected chi connectivity index (χ4v) is 10.1. The number of amides is 2. The average Bonchev–Trinajstić information content (AvgIpc) is 1.97. The standard InChI is InChI=1S/C23H19N5O2.C21H18N6O.C10H8NO.C9H9NO2.C4H5N3/c1-14(29)25-17-5-2-15(3-6-17)22-23(28-11-10-24-13-21(28)27-22)26-18-7-8-19-16(12-18)4-9-20(19)30;22-15-4-1-13(2-5-15)20-21(27-10-9-23-12-19(27)25-20)24-16-6-7-17-14(11-16)3-8-18(17)26-28;1-11-8-3-4-9-7(6-8)2-5-10(9)12;1-7(12)10-9-4-2-8(6-11)3-5-9;5-4-3-6-1-2-7-4/h2-3,5-8,10-13,26H,4,9H2,1H3,(H,25,29);1-2,4-7,9-12,24,28H,3,8,22H2;1,3-4,6H,2,5H2;2-6H,1H3,(H,10,12);1-3H,(H2,5,7)/q;;+1;;. The number of anilines is 8. The first-order chi connectivity index (χ1) is 43.2. The number of hydrogen-bond acceptors (Lipinski definition) is 17. The van der Waals surface area contributed by atoms with Gasteiger partial charge in [0.25, 0.3) is 6.57 Å². The molecule has 3 aliphatic carbocycles. The van der Waals surface area contributed by atoms with Crippen molar-refractivity contribution in [3.05, 3.63) is 227 Å². The van der Waals surface area contributed by atoms with Crippen molar-refractivity contribution < 1.29 is 29.2 Å². The summed E-state index contributed by atoms with van der Waals surface area (Å²) in [5.74, 6) is 2.33. The number of hydrogen-bond donors (Lipinski definition) is 7. The van der Waals surface area contributed by atoms with E-state index in [-0.39, 0.29) is 23.4 Å². The van der Waals surface area contributed by atoms with Crippen LogP contribution in [0, 0.1) is 6.57 Å². The number of aldehydes is 1. The van der Waals surface area contributed by atoms with Crippen molar-refractivity contribution in [2.75, 3.05) is 32.7 Å². The molecule has 5 heterocycles. The molecular formula is C67H59N16O6+. The van der Waals surface area contributed by atoms with E-state index in [0.29, 0.717) is 35.6 Å². The first-order valence-corrected chi connectivity index (χ1v) is 28.1. The first kappa shape index (κ1) is 59.9. The molecule has 14 rings (SSSR count). The molecule has 3 aliphatic rings. The number of fused-ring (bicyclic) bond motifs is 5. The van der Waals surface area contributed by atoms with E-state index in [1.54, 1.807) is 73.6 Å². The normalized spacial score (nSPS) is 12.7. The zero-order chi connectivity index (χ0) is 62.4. The largest absolute Gasteiger partial charge is 0.411 e. The van der Waals surface area contributed by atoms with Gasteiger partial charge in [-0.2, -0.15) is 0 Å². The summed E-state index contributed by atoms with van der Waals surface area (Å²) in [5, 5.41) is 24.9. The quantitative estimate of drug-likeness (QED) is 0.0306. The molecule has 0 spiro atoms. The van der Waals surface area contributed by atoms with E-state index >= 15 is 0 Å². The number of carbonyl (C=O) groups excluding carboxylic acids is 5. The van der Waals surface area contributed by atoms with Gasteiger partial charge < -0.3 is 37.9 Å². The highest BCUT2D eigenvalue weighted by Gasteiger charge is 2.24. The van der Waals surface area contributed by atoms with Crippen molar-refractivity contribution in [2.24, 2.45) is 5.16 Å². The Morgan fingerprint density at radius 2 is 1.04 bits per heavy atom. The number of aromatic nitrogens is 8. The second-order valence-corrected chi connectivity index (χ2v) is 20.5. The SMILES string of the molecule is C#[N+]c1ccc2c(c1)CCC2=O.CC(=O)Nc1ccc(-c2nc3cnccn3c2Nc2ccc3c(c2)CCC3=O)cc1.CC(=O)Nc1ccc(C=O)cc1.Nc1ccc(-c2nc3cnccn3c2Nc2ccc3c(c2)CCC3=NO)cc1.Nc1cnccn1. The number of ketones is 2. The van der Waals surface area contributed by atoms with Gasteiger partial charge in [0.2, 0.25) is 11.8 Å². The fourth-order valence-electron chi connectivity index (χ4n) is 10.1. The Hall–Kier alpha value is -12.3. The van der Waals surface area contributed by atoms with E-state index in [0.717, 1.165) is 134 Å². The van der Waals surface area contributed by atoms with Gasteiger partial charge in [0.05, 0.1) is 24.3 Å². The smallest absolute Gasteiger partial charge is 0.340 e. The Bertz CT molecular complexity index is 4500. The van der Waals surface area contributed by atoms with Crippen LogP contribution in [0.3, 0.4) is 0 Å². The summed E-state index contributed by atoms with van der Waals surface area (Å²) in [6.07, 6.45) is 20.5. The lowest BCUT2D eigenvalue weighted by molar-refractivity contribution is -0.115. The third kappa shape index (κ3) is 14.6. The monoisotopic (exact) mass is 1180 g/mol. The second kappa shape index (κ2) is 27.6. The predicted molar refractivity (Wildman–Crippen MR) is 344 cm³/mol. The van der Waals surface area contributed by atoms with Crippen LogP contribution in [0.25, 0.3) is 38.7 Å². The summed E-state index contributed by atoms with van der Waals surface area (Å²) in [7, 11) is 0.